The Morgan fingerprint density at radius 2 is 2.08 bits per heavy atom. The van der Waals surface area contributed by atoms with Crippen molar-refractivity contribution in [2.75, 3.05) is 6.54 Å². The van der Waals surface area contributed by atoms with Crippen molar-refractivity contribution in [1.82, 2.24) is 0 Å². The first kappa shape index (κ1) is 10.7. The van der Waals surface area contributed by atoms with E-state index in [9.17, 15) is 5.11 Å². The molecule has 0 spiro atoms. The summed E-state index contributed by atoms with van der Waals surface area (Å²) in [5.74, 6) is 0. The van der Waals surface area contributed by atoms with E-state index >= 15 is 0 Å². The fourth-order valence-electron chi connectivity index (χ4n) is 1.12. The fourth-order valence-corrected chi connectivity index (χ4v) is 1.55. The number of aliphatic hydroxyl groups is 1. The summed E-state index contributed by atoms with van der Waals surface area (Å²) in [6, 6.07) is 7.84. The Bertz CT molecular complexity index is 286. The Morgan fingerprint density at radius 1 is 1.46 bits per heavy atom. The molecule has 0 aliphatic rings. The van der Waals surface area contributed by atoms with Crippen LogP contribution in [0.4, 0.5) is 0 Å². The Hall–Kier alpha value is -0.380. The van der Waals surface area contributed by atoms with E-state index in [1.807, 2.05) is 24.3 Å². The Morgan fingerprint density at radius 3 is 2.62 bits per heavy atom. The van der Waals surface area contributed by atoms with E-state index in [-0.39, 0.29) is 6.54 Å². The highest BCUT2D eigenvalue weighted by atomic mass is 79.9. The number of nitrogens with two attached hydrogens (primary N) is 1. The van der Waals surface area contributed by atoms with E-state index in [0.29, 0.717) is 6.42 Å². The van der Waals surface area contributed by atoms with E-state index in [1.165, 1.54) is 0 Å². The van der Waals surface area contributed by atoms with Crippen LogP contribution in [0, 0.1) is 0 Å². The predicted octanol–water partition coefficient (Wildman–Crippen LogP) is 1.70. The van der Waals surface area contributed by atoms with Crippen molar-refractivity contribution in [3.8, 4) is 0 Å². The minimum absolute atomic E-state index is 0.272. The van der Waals surface area contributed by atoms with Crippen molar-refractivity contribution in [3.05, 3.63) is 34.3 Å². The zero-order chi connectivity index (χ0) is 9.90. The fraction of sp³-hybridized carbons (Fsp3) is 0.400. The second-order valence-corrected chi connectivity index (χ2v) is 4.32. The highest BCUT2D eigenvalue weighted by molar-refractivity contribution is 9.10. The molecule has 1 aromatic carbocycles. The van der Waals surface area contributed by atoms with E-state index < -0.39 is 5.60 Å². The SMILES string of the molecule is CC(O)(CN)Cc1ccccc1Br. The van der Waals surface area contributed by atoms with Crippen molar-refractivity contribution in [2.24, 2.45) is 5.73 Å². The molecule has 0 aliphatic carbocycles. The topological polar surface area (TPSA) is 46.2 Å². The summed E-state index contributed by atoms with van der Waals surface area (Å²) < 4.78 is 1.02. The van der Waals surface area contributed by atoms with Gasteiger partial charge in [-0.2, -0.15) is 0 Å². The van der Waals surface area contributed by atoms with Crippen LogP contribution in [0.25, 0.3) is 0 Å². The van der Waals surface area contributed by atoms with Crippen LogP contribution in [0.1, 0.15) is 12.5 Å². The normalized spacial score (nSPS) is 15.4. The van der Waals surface area contributed by atoms with Crippen molar-refractivity contribution in [1.29, 1.82) is 0 Å². The highest BCUT2D eigenvalue weighted by Crippen LogP contribution is 2.20. The molecule has 1 aromatic rings. The van der Waals surface area contributed by atoms with Crippen molar-refractivity contribution in [3.63, 3.8) is 0 Å². The van der Waals surface area contributed by atoms with Crippen molar-refractivity contribution >= 4 is 15.9 Å². The van der Waals surface area contributed by atoms with Crippen LogP contribution >= 0.6 is 15.9 Å². The molecule has 0 amide bonds. The van der Waals surface area contributed by atoms with Crippen molar-refractivity contribution < 1.29 is 5.11 Å². The minimum atomic E-state index is -0.816. The van der Waals surface area contributed by atoms with E-state index in [4.69, 9.17) is 5.73 Å². The second kappa shape index (κ2) is 4.22. The molecule has 0 saturated heterocycles. The van der Waals surface area contributed by atoms with Crippen molar-refractivity contribution in [2.45, 2.75) is 18.9 Å². The summed E-state index contributed by atoms with van der Waals surface area (Å²) in [5, 5.41) is 9.76. The lowest BCUT2D eigenvalue weighted by Crippen LogP contribution is -2.36. The molecule has 0 aliphatic heterocycles. The van der Waals surface area contributed by atoms with Gasteiger partial charge >= 0.3 is 0 Å². The van der Waals surface area contributed by atoms with Gasteiger partial charge in [-0.05, 0) is 18.6 Å². The van der Waals surface area contributed by atoms with Gasteiger partial charge in [-0.25, -0.2) is 0 Å². The molecule has 1 unspecified atom stereocenters. The van der Waals surface area contributed by atoms with E-state index in [0.717, 1.165) is 10.0 Å². The largest absolute Gasteiger partial charge is 0.389 e. The molecule has 1 atom stereocenters. The van der Waals surface area contributed by atoms with E-state index in [2.05, 4.69) is 15.9 Å². The molecule has 0 heterocycles. The zero-order valence-electron chi connectivity index (χ0n) is 7.63. The zero-order valence-corrected chi connectivity index (χ0v) is 9.21. The number of rotatable bonds is 3. The summed E-state index contributed by atoms with van der Waals surface area (Å²) in [4.78, 5) is 0. The molecule has 1 rings (SSSR count). The van der Waals surface area contributed by atoms with Gasteiger partial charge in [-0.3, -0.25) is 0 Å². The number of halogens is 1. The lowest BCUT2D eigenvalue weighted by molar-refractivity contribution is 0.0695. The van der Waals surface area contributed by atoms with Crippen LogP contribution in [0.3, 0.4) is 0 Å². The van der Waals surface area contributed by atoms with Gasteiger partial charge in [-0.1, -0.05) is 34.1 Å². The van der Waals surface area contributed by atoms with Gasteiger partial charge in [0.1, 0.15) is 0 Å². The molecule has 0 fully saturated rings. The summed E-state index contributed by atoms with van der Waals surface area (Å²) in [6.45, 7) is 2.01. The van der Waals surface area contributed by atoms with E-state index in [1.54, 1.807) is 6.92 Å². The third kappa shape index (κ3) is 3.10. The first-order valence-corrected chi connectivity index (χ1v) is 5.00. The molecule has 3 heteroatoms. The van der Waals surface area contributed by atoms with Gasteiger partial charge in [0.05, 0.1) is 5.60 Å². The molecule has 3 N–H and O–H groups in total. The molecule has 2 nitrogen and oxygen atoms in total. The second-order valence-electron chi connectivity index (χ2n) is 3.47. The maximum absolute atomic E-state index is 9.76. The lowest BCUT2D eigenvalue weighted by Gasteiger charge is -2.21. The van der Waals surface area contributed by atoms with Gasteiger partial charge < -0.3 is 10.8 Å². The molecule has 0 radical (unpaired) electrons. The predicted molar refractivity (Wildman–Crippen MR) is 57.5 cm³/mol. The molecule has 0 aromatic heterocycles. The van der Waals surface area contributed by atoms with Crippen LogP contribution in [0.2, 0.25) is 0 Å². The monoisotopic (exact) mass is 243 g/mol. The van der Waals surface area contributed by atoms with Crippen LogP contribution in [0.5, 0.6) is 0 Å². The lowest BCUT2D eigenvalue weighted by atomic mass is 9.97. The maximum atomic E-state index is 9.76. The summed E-state index contributed by atoms with van der Waals surface area (Å²) in [7, 11) is 0. The molecular formula is C10H14BrNO. The van der Waals surface area contributed by atoms with Gasteiger partial charge in [0, 0.05) is 17.4 Å². The Balaban J connectivity index is 2.80. The molecule has 0 saturated carbocycles. The number of hydrogen-bond donors (Lipinski definition) is 2. The first-order valence-electron chi connectivity index (χ1n) is 4.21. The highest BCUT2D eigenvalue weighted by Gasteiger charge is 2.19. The van der Waals surface area contributed by atoms with Gasteiger partial charge in [0.25, 0.3) is 0 Å². The Kier molecular flexibility index (Phi) is 3.47. The molecule has 72 valence electrons. The standard InChI is InChI=1S/C10H14BrNO/c1-10(13,7-12)6-8-4-2-3-5-9(8)11/h2-5,13H,6-7,12H2,1H3. The number of hydrogen-bond acceptors (Lipinski definition) is 2. The number of benzene rings is 1. The van der Waals surface area contributed by atoms with Gasteiger partial charge in [0.2, 0.25) is 0 Å². The van der Waals surface area contributed by atoms with Crippen LogP contribution in [0.15, 0.2) is 28.7 Å². The summed E-state index contributed by atoms with van der Waals surface area (Å²) >= 11 is 3.43. The van der Waals surface area contributed by atoms with Crippen LogP contribution < -0.4 is 5.73 Å². The summed E-state index contributed by atoms with van der Waals surface area (Å²) in [6.07, 6.45) is 0.574. The first-order chi connectivity index (χ1) is 6.05. The Labute approximate surface area is 86.9 Å². The molecule has 13 heavy (non-hydrogen) atoms. The van der Waals surface area contributed by atoms with Gasteiger partial charge in [-0.15, -0.1) is 0 Å². The third-order valence-corrected chi connectivity index (χ3v) is 2.74. The van der Waals surface area contributed by atoms with Gasteiger partial charge in [0.15, 0.2) is 0 Å². The maximum Gasteiger partial charge on any atom is 0.0781 e. The smallest absolute Gasteiger partial charge is 0.0781 e. The summed E-state index contributed by atoms with van der Waals surface area (Å²) in [5.41, 5.74) is 5.70. The third-order valence-electron chi connectivity index (χ3n) is 1.97. The minimum Gasteiger partial charge on any atom is -0.389 e. The van der Waals surface area contributed by atoms with Crippen LogP contribution in [-0.2, 0) is 6.42 Å². The quantitative estimate of drug-likeness (QED) is 0.850. The average molecular weight is 244 g/mol. The average Bonchev–Trinajstić information content (AvgIpc) is 2.09. The molecule has 0 bridgehead atoms. The molecular weight excluding hydrogens is 230 g/mol. The van der Waals surface area contributed by atoms with Crippen LogP contribution in [-0.4, -0.2) is 17.3 Å².